The zero-order valence-electron chi connectivity index (χ0n) is 7.79. The first-order valence-corrected chi connectivity index (χ1v) is 4.39. The number of nitrogens with one attached hydrogen (secondary N) is 1. The van der Waals surface area contributed by atoms with Crippen molar-refractivity contribution in [3.05, 3.63) is 17.5 Å². The molecule has 3 N–H and O–H groups in total. The molecule has 0 saturated heterocycles. The predicted molar refractivity (Wildman–Crippen MR) is 50.3 cm³/mol. The van der Waals surface area contributed by atoms with Crippen LogP contribution in [0.5, 0.6) is 0 Å². The fraction of sp³-hybridized carbons (Fsp3) is 0.444. The highest BCUT2D eigenvalue weighted by Crippen LogP contribution is 2.25. The van der Waals surface area contributed by atoms with Crippen LogP contribution < -0.4 is 5.73 Å². The summed E-state index contributed by atoms with van der Waals surface area (Å²) in [6, 6.07) is 1.95. The van der Waals surface area contributed by atoms with Gasteiger partial charge in [0.1, 0.15) is 11.3 Å². The Bertz CT molecular complexity index is 413. The minimum Gasteiger partial charge on any atom is -0.457 e. The molecular formula is C9H13N3O. The number of hydrogen-bond donors (Lipinski definition) is 2. The van der Waals surface area contributed by atoms with Crippen molar-refractivity contribution in [2.45, 2.75) is 26.3 Å². The third kappa shape index (κ3) is 1.23. The van der Waals surface area contributed by atoms with Crippen molar-refractivity contribution in [3.8, 4) is 0 Å². The van der Waals surface area contributed by atoms with Crippen LogP contribution in [0.1, 0.15) is 31.2 Å². The quantitative estimate of drug-likeness (QED) is 0.737. The third-order valence-corrected chi connectivity index (χ3v) is 2.09. The van der Waals surface area contributed by atoms with Gasteiger partial charge in [-0.15, -0.1) is 0 Å². The number of furan rings is 1. The van der Waals surface area contributed by atoms with Gasteiger partial charge in [-0.05, 0) is 0 Å². The van der Waals surface area contributed by atoms with Crippen molar-refractivity contribution in [3.63, 3.8) is 0 Å². The van der Waals surface area contributed by atoms with Gasteiger partial charge in [0.2, 0.25) is 0 Å². The van der Waals surface area contributed by atoms with E-state index in [1.54, 1.807) is 0 Å². The molecule has 2 heterocycles. The minimum atomic E-state index is 0.389. The summed E-state index contributed by atoms with van der Waals surface area (Å²) in [7, 11) is 0. The zero-order chi connectivity index (χ0) is 9.42. The van der Waals surface area contributed by atoms with Crippen LogP contribution in [0.15, 0.2) is 10.5 Å². The van der Waals surface area contributed by atoms with Gasteiger partial charge in [-0.2, -0.15) is 5.10 Å². The second-order valence-corrected chi connectivity index (χ2v) is 3.42. The maximum absolute atomic E-state index is 5.62. The second-order valence-electron chi connectivity index (χ2n) is 3.42. The molecule has 0 amide bonds. The molecule has 0 saturated carbocycles. The average Bonchev–Trinajstić information content (AvgIpc) is 2.60. The van der Waals surface area contributed by atoms with Crippen molar-refractivity contribution < 1.29 is 4.42 Å². The van der Waals surface area contributed by atoms with Crippen molar-refractivity contribution in [1.82, 2.24) is 10.2 Å². The van der Waals surface area contributed by atoms with Gasteiger partial charge in [-0.3, -0.25) is 5.10 Å². The SMILES string of the molecule is CC(C)c1cc2n[nH]c(CN)c2o1. The molecule has 0 atom stereocenters. The van der Waals surface area contributed by atoms with Gasteiger partial charge in [0.25, 0.3) is 0 Å². The smallest absolute Gasteiger partial charge is 0.176 e. The lowest BCUT2D eigenvalue weighted by atomic mass is 10.2. The fourth-order valence-electron chi connectivity index (χ4n) is 1.30. The van der Waals surface area contributed by atoms with E-state index in [1.165, 1.54) is 0 Å². The molecule has 0 aliphatic rings. The van der Waals surface area contributed by atoms with Gasteiger partial charge >= 0.3 is 0 Å². The first-order chi connectivity index (χ1) is 6.22. The number of nitrogens with two attached hydrogens (primary N) is 1. The van der Waals surface area contributed by atoms with Gasteiger partial charge < -0.3 is 10.2 Å². The Labute approximate surface area is 76.1 Å². The number of aromatic amines is 1. The molecule has 2 aromatic rings. The monoisotopic (exact) mass is 179 g/mol. The van der Waals surface area contributed by atoms with Crippen molar-refractivity contribution in [1.29, 1.82) is 0 Å². The van der Waals surface area contributed by atoms with Crippen LogP contribution in [-0.4, -0.2) is 10.2 Å². The number of fused-ring (bicyclic) bond motifs is 1. The normalized spacial score (nSPS) is 11.7. The van der Waals surface area contributed by atoms with Crippen molar-refractivity contribution in [2.75, 3.05) is 0 Å². The van der Waals surface area contributed by atoms with Crippen LogP contribution in [0.3, 0.4) is 0 Å². The molecule has 0 fully saturated rings. The molecule has 2 aromatic heterocycles. The van der Waals surface area contributed by atoms with Gasteiger partial charge in [-0.25, -0.2) is 0 Å². The molecule has 0 aliphatic heterocycles. The van der Waals surface area contributed by atoms with E-state index in [0.29, 0.717) is 12.5 Å². The molecule has 0 bridgehead atoms. The minimum absolute atomic E-state index is 0.389. The van der Waals surface area contributed by atoms with Crippen LogP contribution in [0.2, 0.25) is 0 Å². The molecule has 13 heavy (non-hydrogen) atoms. The lowest BCUT2D eigenvalue weighted by Crippen LogP contribution is -1.96. The summed E-state index contributed by atoms with van der Waals surface area (Å²) in [4.78, 5) is 0. The number of aromatic nitrogens is 2. The van der Waals surface area contributed by atoms with Gasteiger partial charge in [0, 0.05) is 18.5 Å². The molecule has 0 radical (unpaired) electrons. The maximum atomic E-state index is 5.62. The molecule has 70 valence electrons. The van der Waals surface area contributed by atoms with E-state index in [-0.39, 0.29) is 0 Å². The van der Waals surface area contributed by atoms with Crippen molar-refractivity contribution >= 4 is 11.1 Å². The highest BCUT2D eigenvalue weighted by atomic mass is 16.3. The molecule has 0 aromatic carbocycles. The van der Waals surface area contributed by atoms with E-state index >= 15 is 0 Å². The first kappa shape index (κ1) is 8.31. The van der Waals surface area contributed by atoms with Crippen LogP contribution in [0.25, 0.3) is 11.1 Å². The second kappa shape index (κ2) is 2.88. The Morgan fingerprint density at radius 1 is 1.62 bits per heavy atom. The Morgan fingerprint density at radius 3 is 3.00 bits per heavy atom. The standard InChI is InChI=1S/C9H13N3O/c1-5(2)8-3-6-9(13-8)7(4-10)12-11-6/h3,5H,4,10H2,1-2H3,(H,11,12). The summed E-state index contributed by atoms with van der Waals surface area (Å²) in [5.74, 6) is 1.35. The largest absolute Gasteiger partial charge is 0.457 e. The molecule has 0 aliphatic carbocycles. The summed E-state index contributed by atoms with van der Waals surface area (Å²) < 4.78 is 5.62. The molecular weight excluding hydrogens is 166 g/mol. The highest BCUT2D eigenvalue weighted by Gasteiger charge is 2.12. The highest BCUT2D eigenvalue weighted by molar-refractivity contribution is 5.75. The third-order valence-electron chi connectivity index (χ3n) is 2.09. The van der Waals surface area contributed by atoms with E-state index in [2.05, 4.69) is 24.0 Å². The lowest BCUT2D eigenvalue weighted by Gasteiger charge is -1.96. The van der Waals surface area contributed by atoms with E-state index in [1.807, 2.05) is 6.07 Å². The molecule has 0 spiro atoms. The van der Waals surface area contributed by atoms with Crippen LogP contribution in [0.4, 0.5) is 0 Å². The predicted octanol–water partition coefficient (Wildman–Crippen LogP) is 1.74. The van der Waals surface area contributed by atoms with Crippen LogP contribution in [0, 0.1) is 0 Å². The molecule has 4 nitrogen and oxygen atoms in total. The van der Waals surface area contributed by atoms with Gasteiger partial charge in [0.05, 0.1) is 5.69 Å². The lowest BCUT2D eigenvalue weighted by molar-refractivity contribution is 0.518. The van der Waals surface area contributed by atoms with E-state index < -0.39 is 0 Å². The number of hydrogen-bond acceptors (Lipinski definition) is 3. The molecule has 2 rings (SSSR count). The Morgan fingerprint density at radius 2 is 2.38 bits per heavy atom. The summed E-state index contributed by atoms with van der Waals surface area (Å²) in [5, 5.41) is 6.93. The Kier molecular flexibility index (Phi) is 1.84. The van der Waals surface area contributed by atoms with Crippen LogP contribution >= 0.6 is 0 Å². The topological polar surface area (TPSA) is 67.8 Å². The summed E-state index contributed by atoms with van der Waals surface area (Å²) in [6.45, 7) is 4.61. The van der Waals surface area contributed by atoms with Crippen molar-refractivity contribution in [2.24, 2.45) is 5.73 Å². The molecule has 4 heteroatoms. The Hall–Kier alpha value is -1.29. The van der Waals surface area contributed by atoms with E-state index in [0.717, 1.165) is 22.6 Å². The average molecular weight is 179 g/mol. The summed E-state index contributed by atoms with van der Waals surface area (Å²) in [6.07, 6.45) is 0. The number of rotatable bonds is 2. The Balaban J connectivity index is 2.56. The first-order valence-electron chi connectivity index (χ1n) is 4.39. The number of H-pyrrole nitrogens is 1. The van der Waals surface area contributed by atoms with Gasteiger partial charge in [0.15, 0.2) is 5.58 Å². The van der Waals surface area contributed by atoms with E-state index in [9.17, 15) is 0 Å². The van der Waals surface area contributed by atoms with Gasteiger partial charge in [-0.1, -0.05) is 13.8 Å². The zero-order valence-corrected chi connectivity index (χ0v) is 7.79. The molecule has 0 unspecified atom stereocenters. The summed E-state index contributed by atoms with van der Waals surface area (Å²) >= 11 is 0. The van der Waals surface area contributed by atoms with E-state index in [4.69, 9.17) is 10.2 Å². The fourth-order valence-corrected chi connectivity index (χ4v) is 1.30. The van der Waals surface area contributed by atoms with Crippen LogP contribution in [-0.2, 0) is 6.54 Å². The maximum Gasteiger partial charge on any atom is 0.176 e. The summed E-state index contributed by atoms with van der Waals surface area (Å²) in [5.41, 5.74) is 8.04. The number of nitrogens with zero attached hydrogens (tertiary/aromatic N) is 1.